The summed E-state index contributed by atoms with van der Waals surface area (Å²) in [5.41, 5.74) is 0. The van der Waals surface area contributed by atoms with E-state index < -0.39 is 15.8 Å². The highest BCUT2D eigenvalue weighted by Gasteiger charge is 2.31. The number of hydrogen-bond donors (Lipinski definition) is 0. The van der Waals surface area contributed by atoms with Crippen molar-refractivity contribution >= 4 is 10.0 Å². The number of halogens is 1. The Morgan fingerprint density at radius 3 is 2.76 bits per heavy atom. The van der Waals surface area contributed by atoms with Crippen LogP contribution in [0, 0.1) is 5.82 Å². The topological polar surface area (TPSA) is 49.9 Å². The summed E-state index contributed by atoms with van der Waals surface area (Å²) in [5, 5.41) is 0. The van der Waals surface area contributed by atoms with Crippen LogP contribution in [0.2, 0.25) is 0 Å². The molecule has 1 unspecified atom stereocenters. The Hall–Kier alpha value is -1.18. The summed E-state index contributed by atoms with van der Waals surface area (Å²) in [6, 6.07) is 3.56. The minimum Gasteiger partial charge on any atom is -0.494 e. The maximum Gasteiger partial charge on any atom is 0.243 e. The third kappa shape index (κ3) is 3.36. The van der Waals surface area contributed by atoms with Crippen molar-refractivity contribution in [2.45, 2.75) is 23.8 Å². The fourth-order valence-corrected chi connectivity index (χ4v) is 3.99. The van der Waals surface area contributed by atoms with Crippen molar-refractivity contribution in [1.29, 1.82) is 0 Å². The average Bonchev–Trinajstić information content (AvgIpc) is 2.46. The fourth-order valence-electron chi connectivity index (χ4n) is 2.60. The van der Waals surface area contributed by atoms with E-state index in [1.54, 1.807) is 7.05 Å². The van der Waals surface area contributed by atoms with E-state index in [0.717, 1.165) is 25.5 Å². The normalized spacial score (nSPS) is 20.7. The molecule has 21 heavy (non-hydrogen) atoms. The van der Waals surface area contributed by atoms with Crippen LogP contribution in [0.5, 0.6) is 5.75 Å². The molecular weight excluding hydrogens is 295 g/mol. The monoisotopic (exact) mass is 316 g/mol. The van der Waals surface area contributed by atoms with Gasteiger partial charge in [-0.1, -0.05) is 0 Å². The zero-order chi connectivity index (χ0) is 15.6. The van der Waals surface area contributed by atoms with Gasteiger partial charge in [-0.05, 0) is 38.6 Å². The highest BCUT2D eigenvalue weighted by atomic mass is 32.2. The minimum absolute atomic E-state index is 0.0523. The summed E-state index contributed by atoms with van der Waals surface area (Å²) in [4.78, 5) is 2.17. The maximum absolute atomic E-state index is 13.4. The molecule has 0 radical (unpaired) electrons. The van der Waals surface area contributed by atoms with E-state index in [1.807, 2.05) is 7.05 Å². The molecule has 1 aliphatic heterocycles. The lowest BCUT2D eigenvalue weighted by Crippen LogP contribution is -2.47. The van der Waals surface area contributed by atoms with Crippen LogP contribution in [-0.2, 0) is 10.0 Å². The van der Waals surface area contributed by atoms with Crippen molar-refractivity contribution in [3.63, 3.8) is 0 Å². The molecule has 1 aromatic carbocycles. The quantitative estimate of drug-likeness (QED) is 0.846. The highest BCUT2D eigenvalue weighted by Crippen LogP contribution is 2.26. The number of benzene rings is 1. The van der Waals surface area contributed by atoms with Crippen LogP contribution >= 0.6 is 0 Å². The van der Waals surface area contributed by atoms with Gasteiger partial charge in [0.2, 0.25) is 10.0 Å². The van der Waals surface area contributed by atoms with Gasteiger partial charge in [0.05, 0.1) is 12.0 Å². The van der Waals surface area contributed by atoms with Crippen molar-refractivity contribution < 1.29 is 17.5 Å². The van der Waals surface area contributed by atoms with Gasteiger partial charge in [-0.25, -0.2) is 12.8 Å². The van der Waals surface area contributed by atoms with E-state index in [2.05, 4.69) is 4.90 Å². The molecule has 118 valence electrons. The number of sulfonamides is 1. The number of nitrogens with zero attached hydrogens (tertiary/aromatic N) is 2. The number of ether oxygens (including phenoxy) is 1. The summed E-state index contributed by atoms with van der Waals surface area (Å²) < 4.78 is 45.0. The molecule has 1 atom stereocenters. The van der Waals surface area contributed by atoms with E-state index in [1.165, 1.54) is 23.5 Å². The first kappa shape index (κ1) is 16.2. The van der Waals surface area contributed by atoms with Crippen molar-refractivity contribution in [1.82, 2.24) is 9.21 Å². The Kier molecular flexibility index (Phi) is 4.85. The molecule has 0 aromatic heterocycles. The van der Waals surface area contributed by atoms with E-state index in [-0.39, 0.29) is 16.7 Å². The highest BCUT2D eigenvalue weighted by molar-refractivity contribution is 7.89. The zero-order valence-corrected chi connectivity index (χ0v) is 13.4. The number of rotatable bonds is 4. The Bertz CT molecular complexity index is 606. The maximum atomic E-state index is 13.4. The predicted molar refractivity (Wildman–Crippen MR) is 78.4 cm³/mol. The molecule has 2 rings (SSSR count). The van der Waals surface area contributed by atoms with Crippen molar-refractivity contribution in [3.05, 3.63) is 24.0 Å². The van der Waals surface area contributed by atoms with E-state index in [4.69, 9.17) is 4.74 Å². The number of likely N-dealkylation sites (N-methyl/N-ethyl adjacent to an activating group) is 2. The molecule has 0 N–H and O–H groups in total. The number of hydrogen-bond acceptors (Lipinski definition) is 4. The standard InChI is InChI=1S/C14H21FN2O3S/c1-16-8-4-5-11(10-16)17(2)21(18,19)12-6-7-13(15)14(9-12)20-3/h6-7,9,11H,4-5,8,10H2,1-3H3. The second-order valence-corrected chi connectivity index (χ2v) is 7.37. The Morgan fingerprint density at radius 2 is 2.14 bits per heavy atom. The number of piperidine rings is 1. The summed E-state index contributed by atoms with van der Waals surface area (Å²) >= 11 is 0. The smallest absolute Gasteiger partial charge is 0.243 e. The summed E-state index contributed by atoms with van der Waals surface area (Å²) in [6.45, 7) is 1.68. The predicted octanol–water partition coefficient (Wildman–Crippen LogP) is 1.55. The Balaban J connectivity index is 2.28. The van der Waals surface area contributed by atoms with Crippen LogP contribution in [0.1, 0.15) is 12.8 Å². The Labute approximate surface area is 125 Å². The molecule has 0 bridgehead atoms. The van der Waals surface area contributed by atoms with Gasteiger partial charge in [0.15, 0.2) is 11.6 Å². The Morgan fingerprint density at radius 1 is 1.43 bits per heavy atom. The summed E-state index contributed by atoms with van der Waals surface area (Å²) in [7, 11) is 1.22. The first-order chi connectivity index (χ1) is 9.86. The molecule has 7 heteroatoms. The molecule has 5 nitrogen and oxygen atoms in total. The lowest BCUT2D eigenvalue weighted by molar-refractivity contribution is 0.187. The van der Waals surface area contributed by atoms with Crippen LogP contribution in [-0.4, -0.2) is 58.0 Å². The minimum atomic E-state index is -3.65. The fraction of sp³-hybridized carbons (Fsp3) is 0.571. The first-order valence-electron chi connectivity index (χ1n) is 6.86. The molecule has 1 heterocycles. The van der Waals surface area contributed by atoms with Crippen LogP contribution in [0.4, 0.5) is 4.39 Å². The zero-order valence-electron chi connectivity index (χ0n) is 12.5. The third-order valence-corrected chi connectivity index (χ3v) is 5.82. The third-order valence-electron chi connectivity index (χ3n) is 3.91. The molecule has 1 fully saturated rings. The van der Waals surface area contributed by atoms with Gasteiger partial charge in [-0.3, -0.25) is 0 Å². The van der Waals surface area contributed by atoms with Crippen LogP contribution < -0.4 is 4.74 Å². The second-order valence-electron chi connectivity index (χ2n) is 5.38. The number of likely N-dealkylation sites (tertiary alicyclic amines) is 1. The van der Waals surface area contributed by atoms with Gasteiger partial charge in [0.25, 0.3) is 0 Å². The largest absolute Gasteiger partial charge is 0.494 e. The molecule has 1 aliphatic rings. The van der Waals surface area contributed by atoms with E-state index >= 15 is 0 Å². The van der Waals surface area contributed by atoms with Gasteiger partial charge < -0.3 is 9.64 Å². The van der Waals surface area contributed by atoms with Crippen LogP contribution in [0.15, 0.2) is 23.1 Å². The van der Waals surface area contributed by atoms with Crippen LogP contribution in [0.3, 0.4) is 0 Å². The first-order valence-corrected chi connectivity index (χ1v) is 8.30. The average molecular weight is 316 g/mol. The van der Waals surface area contributed by atoms with Gasteiger partial charge in [-0.2, -0.15) is 4.31 Å². The molecule has 1 saturated heterocycles. The molecule has 0 amide bonds. The molecule has 0 aliphatic carbocycles. The van der Waals surface area contributed by atoms with Gasteiger partial charge in [-0.15, -0.1) is 0 Å². The van der Waals surface area contributed by atoms with Crippen LogP contribution in [0.25, 0.3) is 0 Å². The second kappa shape index (κ2) is 6.29. The molecule has 0 saturated carbocycles. The molecular formula is C14H21FN2O3S. The van der Waals surface area contributed by atoms with E-state index in [9.17, 15) is 12.8 Å². The number of methoxy groups -OCH3 is 1. The van der Waals surface area contributed by atoms with Crippen molar-refractivity contribution in [3.8, 4) is 5.75 Å². The van der Waals surface area contributed by atoms with Crippen molar-refractivity contribution in [2.75, 3.05) is 34.3 Å². The molecule has 1 aromatic rings. The van der Waals surface area contributed by atoms with Gasteiger partial charge in [0.1, 0.15) is 0 Å². The van der Waals surface area contributed by atoms with Gasteiger partial charge >= 0.3 is 0 Å². The SMILES string of the molecule is COc1cc(S(=O)(=O)N(C)C2CCCN(C)C2)ccc1F. The summed E-state index contributed by atoms with van der Waals surface area (Å²) in [5.74, 6) is -0.637. The summed E-state index contributed by atoms with van der Waals surface area (Å²) in [6.07, 6.45) is 1.80. The lowest BCUT2D eigenvalue weighted by atomic mass is 10.1. The van der Waals surface area contributed by atoms with Crippen molar-refractivity contribution in [2.24, 2.45) is 0 Å². The lowest BCUT2D eigenvalue weighted by Gasteiger charge is -2.35. The van der Waals surface area contributed by atoms with Gasteiger partial charge in [0, 0.05) is 25.7 Å². The molecule has 0 spiro atoms. The van der Waals surface area contributed by atoms with E-state index in [0.29, 0.717) is 6.54 Å².